The minimum absolute atomic E-state index is 0.0861. The summed E-state index contributed by atoms with van der Waals surface area (Å²) in [7, 11) is 0. The van der Waals surface area contributed by atoms with Crippen molar-refractivity contribution in [3.63, 3.8) is 0 Å². The fourth-order valence-corrected chi connectivity index (χ4v) is 1.66. The van der Waals surface area contributed by atoms with Gasteiger partial charge < -0.3 is 15.7 Å². The van der Waals surface area contributed by atoms with E-state index in [0.29, 0.717) is 19.4 Å². The number of benzene rings is 1. The Labute approximate surface area is 121 Å². The number of carbonyl (C=O) groups is 1. The number of amides is 2. The molecule has 0 aliphatic rings. The number of nitrogens with zero attached hydrogens (tertiary/aromatic N) is 1. The van der Waals surface area contributed by atoms with Gasteiger partial charge in [0.15, 0.2) is 0 Å². The Morgan fingerprint density at radius 2 is 2.25 bits per heavy atom. The van der Waals surface area contributed by atoms with Crippen molar-refractivity contribution in [2.75, 3.05) is 11.9 Å². The van der Waals surface area contributed by atoms with E-state index in [9.17, 15) is 20.0 Å². The molecule has 0 bridgehead atoms. The van der Waals surface area contributed by atoms with Crippen molar-refractivity contribution < 1.29 is 14.8 Å². The molecule has 0 saturated carbocycles. The van der Waals surface area contributed by atoms with E-state index < -0.39 is 17.1 Å². The van der Waals surface area contributed by atoms with Crippen LogP contribution in [0.15, 0.2) is 18.2 Å². The SMILES string of the molecule is CCC(O)CCNC(=O)Nc1ccc([N+](=O)[O-])cc1Cl. The van der Waals surface area contributed by atoms with Crippen LogP contribution < -0.4 is 10.6 Å². The molecule has 1 aromatic carbocycles. The van der Waals surface area contributed by atoms with Gasteiger partial charge in [0, 0.05) is 18.7 Å². The summed E-state index contributed by atoms with van der Waals surface area (Å²) in [5, 5.41) is 25.0. The van der Waals surface area contributed by atoms with Crippen LogP contribution >= 0.6 is 11.6 Å². The molecule has 20 heavy (non-hydrogen) atoms. The lowest BCUT2D eigenvalue weighted by molar-refractivity contribution is -0.384. The summed E-state index contributed by atoms with van der Waals surface area (Å²) >= 11 is 5.84. The van der Waals surface area contributed by atoms with Crippen molar-refractivity contribution >= 4 is 29.0 Å². The number of aliphatic hydroxyl groups is 1. The van der Waals surface area contributed by atoms with Crippen LogP contribution in [0.1, 0.15) is 19.8 Å². The molecule has 0 heterocycles. The maximum absolute atomic E-state index is 11.6. The van der Waals surface area contributed by atoms with Crippen LogP contribution in [0.25, 0.3) is 0 Å². The van der Waals surface area contributed by atoms with Crippen LogP contribution in [0.5, 0.6) is 0 Å². The predicted molar refractivity (Wildman–Crippen MR) is 76.0 cm³/mol. The maximum Gasteiger partial charge on any atom is 0.319 e. The zero-order valence-corrected chi connectivity index (χ0v) is 11.7. The second-order valence-corrected chi connectivity index (χ2v) is 4.56. The van der Waals surface area contributed by atoms with Gasteiger partial charge in [-0.15, -0.1) is 0 Å². The molecule has 1 atom stereocenters. The molecule has 110 valence electrons. The molecule has 0 aromatic heterocycles. The number of urea groups is 1. The quantitative estimate of drug-likeness (QED) is 0.554. The molecule has 1 unspecified atom stereocenters. The number of aliphatic hydroxyl groups excluding tert-OH is 1. The third-order valence-electron chi connectivity index (χ3n) is 2.65. The molecule has 0 aliphatic carbocycles. The minimum Gasteiger partial charge on any atom is -0.393 e. The molecule has 0 saturated heterocycles. The summed E-state index contributed by atoms with van der Waals surface area (Å²) in [5.74, 6) is 0. The number of carbonyl (C=O) groups excluding carboxylic acids is 1. The lowest BCUT2D eigenvalue weighted by Crippen LogP contribution is -2.31. The fourth-order valence-electron chi connectivity index (χ4n) is 1.44. The summed E-state index contributed by atoms with van der Waals surface area (Å²) in [6.07, 6.45) is 0.633. The van der Waals surface area contributed by atoms with Gasteiger partial charge in [-0.25, -0.2) is 4.79 Å². The molecule has 1 aromatic rings. The first kappa shape index (κ1) is 16.2. The van der Waals surface area contributed by atoms with Gasteiger partial charge in [0.05, 0.1) is 21.7 Å². The normalized spacial score (nSPS) is 11.8. The number of nitro groups is 1. The second kappa shape index (κ2) is 7.66. The van der Waals surface area contributed by atoms with Crippen LogP contribution in [0.2, 0.25) is 5.02 Å². The monoisotopic (exact) mass is 301 g/mol. The third-order valence-corrected chi connectivity index (χ3v) is 2.96. The van der Waals surface area contributed by atoms with E-state index in [1.807, 2.05) is 6.92 Å². The standard InChI is InChI=1S/C12H16ClN3O4/c1-2-9(17)5-6-14-12(18)15-11-4-3-8(16(19)20)7-10(11)13/h3-4,7,9,17H,2,5-6H2,1H3,(H2,14,15,18). The van der Waals surface area contributed by atoms with Crippen molar-refractivity contribution in [2.45, 2.75) is 25.9 Å². The Bertz CT molecular complexity index is 496. The van der Waals surface area contributed by atoms with Gasteiger partial charge in [0.25, 0.3) is 5.69 Å². The summed E-state index contributed by atoms with van der Waals surface area (Å²) in [5.41, 5.74) is 0.137. The highest BCUT2D eigenvalue weighted by Crippen LogP contribution is 2.26. The highest BCUT2D eigenvalue weighted by atomic mass is 35.5. The maximum atomic E-state index is 11.6. The van der Waals surface area contributed by atoms with Crippen LogP contribution in [-0.4, -0.2) is 28.7 Å². The number of nitrogens with one attached hydrogen (secondary N) is 2. The predicted octanol–water partition coefficient (Wildman–Crippen LogP) is 2.53. The van der Waals surface area contributed by atoms with E-state index in [2.05, 4.69) is 10.6 Å². The van der Waals surface area contributed by atoms with Gasteiger partial charge in [-0.3, -0.25) is 10.1 Å². The number of halogens is 1. The van der Waals surface area contributed by atoms with E-state index >= 15 is 0 Å². The van der Waals surface area contributed by atoms with Crippen molar-refractivity contribution in [1.82, 2.24) is 5.32 Å². The zero-order valence-electron chi connectivity index (χ0n) is 10.9. The summed E-state index contributed by atoms with van der Waals surface area (Å²) in [6, 6.07) is 3.30. The Morgan fingerprint density at radius 1 is 1.55 bits per heavy atom. The van der Waals surface area contributed by atoms with Gasteiger partial charge in [-0.2, -0.15) is 0 Å². The summed E-state index contributed by atoms with van der Waals surface area (Å²) in [4.78, 5) is 21.5. The molecule has 0 spiro atoms. The molecule has 0 aliphatic heterocycles. The van der Waals surface area contributed by atoms with E-state index in [-0.39, 0.29) is 16.4 Å². The highest BCUT2D eigenvalue weighted by molar-refractivity contribution is 6.33. The van der Waals surface area contributed by atoms with Crippen LogP contribution in [0.3, 0.4) is 0 Å². The Balaban J connectivity index is 2.52. The lowest BCUT2D eigenvalue weighted by atomic mass is 10.2. The molecular formula is C12H16ClN3O4. The van der Waals surface area contributed by atoms with E-state index in [4.69, 9.17) is 11.6 Å². The molecule has 1 rings (SSSR count). The van der Waals surface area contributed by atoms with Crippen molar-refractivity contribution in [1.29, 1.82) is 0 Å². The zero-order chi connectivity index (χ0) is 15.1. The summed E-state index contributed by atoms with van der Waals surface area (Å²) < 4.78 is 0. The molecule has 0 radical (unpaired) electrons. The van der Waals surface area contributed by atoms with E-state index in [1.54, 1.807) is 0 Å². The number of non-ortho nitro benzene ring substituents is 1. The van der Waals surface area contributed by atoms with Gasteiger partial charge in [0.2, 0.25) is 0 Å². The van der Waals surface area contributed by atoms with E-state index in [1.165, 1.54) is 12.1 Å². The minimum atomic E-state index is -0.568. The van der Waals surface area contributed by atoms with Gasteiger partial charge >= 0.3 is 6.03 Å². The number of hydrogen-bond donors (Lipinski definition) is 3. The number of rotatable bonds is 6. The van der Waals surface area contributed by atoms with Gasteiger partial charge in [-0.1, -0.05) is 18.5 Å². The molecule has 8 heteroatoms. The molecule has 7 nitrogen and oxygen atoms in total. The molecular weight excluding hydrogens is 286 g/mol. The van der Waals surface area contributed by atoms with Crippen molar-refractivity contribution in [2.24, 2.45) is 0 Å². The Kier molecular flexibility index (Phi) is 6.20. The van der Waals surface area contributed by atoms with E-state index in [0.717, 1.165) is 6.07 Å². The average molecular weight is 302 g/mol. The second-order valence-electron chi connectivity index (χ2n) is 4.15. The first-order chi connectivity index (χ1) is 9.43. The Morgan fingerprint density at radius 3 is 2.80 bits per heavy atom. The average Bonchev–Trinajstić information content (AvgIpc) is 2.40. The highest BCUT2D eigenvalue weighted by Gasteiger charge is 2.11. The van der Waals surface area contributed by atoms with Crippen molar-refractivity contribution in [3.05, 3.63) is 33.3 Å². The largest absolute Gasteiger partial charge is 0.393 e. The Hall–Kier alpha value is -1.86. The lowest BCUT2D eigenvalue weighted by Gasteiger charge is -2.10. The third kappa shape index (κ3) is 5.02. The first-order valence-corrected chi connectivity index (χ1v) is 6.48. The topological polar surface area (TPSA) is 104 Å². The fraction of sp³-hybridized carbons (Fsp3) is 0.417. The summed E-state index contributed by atoms with van der Waals surface area (Å²) in [6.45, 7) is 2.17. The molecule has 3 N–H and O–H groups in total. The molecule has 0 fully saturated rings. The molecule has 2 amide bonds. The number of hydrogen-bond acceptors (Lipinski definition) is 4. The van der Waals surface area contributed by atoms with Gasteiger partial charge in [0.1, 0.15) is 0 Å². The van der Waals surface area contributed by atoms with Crippen LogP contribution in [0.4, 0.5) is 16.2 Å². The number of nitro benzene ring substituents is 1. The van der Waals surface area contributed by atoms with Gasteiger partial charge in [-0.05, 0) is 18.9 Å². The number of anilines is 1. The van der Waals surface area contributed by atoms with Crippen LogP contribution in [0, 0.1) is 10.1 Å². The smallest absolute Gasteiger partial charge is 0.319 e. The van der Waals surface area contributed by atoms with Crippen molar-refractivity contribution in [3.8, 4) is 0 Å². The first-order valence-electron chi connectivity index (χ1n) is 6.11. The van der Waals surface area contributed by atoms with Crippen LogP contribution in [-0.2, 0) is 0 Å².